The SMILES string of the molecule is CC(C)=CC(O)c1cccc2ccccc12. The number of aliphatic hydroxyl groups excluding tert-OH is 1. The minimum absolute atomic E-state index is 0.518. The Labute approximate surface area is 96.0 Å². The van der Waals surface area contributed by atoms with Crippen LogP contribution in [-0.2, 0) is 0 Å². The van der Waals surface area contributed by atoms with E-state index in [1.807, 2.05) is 50.3 Å². The van der Waals surface area contributed by atoms with Gasteiger partial charge in [-0.25, -0.2) is 0 Å². The lowest BCUT2D eigenvalue weighted by atomic mass is 9.99. The first-order valence-corrected chi connectivity index (χ1v) is 5.49. The highest BCUT2D eigenvalue weighted by Gasteiger charge is 2.07. The van der Waals surface area contributed by atoms with Gasteiger partial charge in [0.25, 0.3) is 0 Å². The van der Waals surface area contributed by atoms with Crippen molar-refractivity contribution < 1.29 is 5.11 Å². The van der Waals surface area contributed by atoms with Crippen molar-refractivity contribution in [2.24, 2.45) is 0 Å². The summed E-state index contributed by atoms with van der Waals surface area (Å²) in [5.74, 6) is 0. The molecular weight excluding hydrogens is 196 g/mol. The van der Waals surface area contributed by atoms with Crippen LogP contribution in [0.15, 0.2) is 54.1 Å². The molecule has 0 aromatic heterocycles. The van der Waals surface area contributed by atoms with E-state index in [2.05, 4.69) is 12.1 Å². The first-order chi connectivity index (χ1) is 7.68. The molecule has 0 saturated heterocycles. The lowest BCUT2D eigenvalue weighted by Gasteiger charge is -2.10. The standard InChI is InChI=1S/C15H16O/c1-11(2)10-15(16)14-9-5-7-12-6-3-4-8-13(12)14/h3-10,15-16H,1-2H3. The normalized spacial score (nSPS) is 12.4. The maximum absolute atomic E-state index is 10.1. The molecule has 0 radical (unpaired) electrons. The molecule has 0 aliphatic rings. The van der Waals surface area contributed by atoms with Crippen LogP contribution in [0.25, 0.3) is 10.8 Å². The summed E-state index contributed by atoms with van der Waals surface area (Å²) in [6.45, 7) is 3.99. The number of fused-ring (bicyclic) bond motifs is 1. The number of allylic oxidation sites excluding steroid dienone is 1. The highest BCUT2D eigenvalue weighted by atomic mass is 16.3. The van der Waals surface area contributed by atoms with E-state index >= 15 is 0 Å². The quantitative estimate of drug-likeness (QED) is 0.750. The largest absolute Gasteiger partial charge is 0.384 e. The van der Waals surface area contributed by atoms with Gasteiger partial charge in [-0.05, 0) is 30.2 Å². The van der Waals surface area contributed by atoms with Crippen LogP contribution in [0.2, 0.25) is 0 Å². The molecule has 1 N–H and O–H groups in total. The van der Waals surface area contributed by atoms with Crippen LogP contribution in [0.4, 0.5) is 0 Å². The van der Waals surface area contributed by atoms with E-state index in [1.54, 1.807) is 0 Å². The van der Waals surface area contributed by atoms with E-state index in [4.69, 9.17) is 0 Å². The van der Waals surface area contributed by atoms with Crippen molar-refractivity contribution in [3.8, 4) is 0 Å². The molecule has 0 spiro atoms. The second-order valence-corrected chi connectivity index (χ2v) is 4.26. The highest BCUT2D eigenvalue weighted by Crippen LogP contribution is 2.25. The van der Waals surface area contributed by atoms with Crippen molar-refractivity contribution in [3.05, 3.63) is 59.7 Å². The van der Waals surface area contributed by atoms with Crippen molar-refractivity contribution in [2.45, 2.75) is 20.0 Å². The van der Waals surface area contributed by atoms with Crippen molar-refractivity contribution in [2.75, 3.05) is 0 Å². The van der Waals surface area contributed by atoms with E-state index in [0.717, 1.165) is 16.5 Å². The van der Waals surface area contributed by atoms with E-state index in [0.29, 0.717) is 0 Å². The van der Waals surface area contributed by atoms with Crippen LogP contribution in [0.5, 0.6) is 0 Å². The van der Waals surface area contributed by atoms with E-state index in [-0.39, 0.29) is 0 Å². The molecule has 82 valence electrons. The summed E-state index contributed by atoms with van der Waals surface area (Å²) < 4.78 is 0. The lowest BCUT2D eigenvalue weighted by molar-refractivity contribution is 0.229. The van der Waals surface area contributed by atoms with Gasteiger partial charge in [0.05, 0.1) is 6.10 Å². The van der Waals surface area contributed by atoms with Crippen molar-refractivity contribution in [1.82, 2.24) is 0 Å². The molecular formula is C15H16O. The Hall–Kier alpha value is -1.60. The molecule has 0 saturated carbocycles. The van der Waals surface area contributed by atoms with E-state index in [1.165, 1.54) is 5.39 Å². The molecule has 0 heterocycles. The fourth-order valence-electron chi connectivity index (χ4n) is 1.91. The minimum Gasteiger partial charge on any atom is -0.384 e. The Balaban J connectivity index is 2.56. The van der Waals surface area contributed by atoms with Crippen LogP contribution in [0, 0.1) is 0 Å². The Morgan fingerprint density at radius 3 is 2.50 bits per heavy atom. The first kappa shape index (κ1) is 10.9. The maximum Gasteiger partial charge on any atom is 0.0980 e. The second-order valence-electron chi connectivity index (χ2n) is 4.26. The second kappa shape index (κ2) is 4.50. The molecule has 2 rings (SSSR count). The van der Waals surface area contributed by atoms with Crippen molar-refractivity contribution in [1.29, 1.82) is 0 Å². The first-order valence-electron chi connectivity index (χ1n) is 5.49. The third kappa shape index (κ3) is 2.15. The van der Waals surface area contributed by atoms with Gasteiger partial charge in [-0.15, -0.1) is 0 Å². The smallest absolute Gasteiger partial charge is 0.0980 e. The van der Waals surface area contributed by atoms with Crippen LogP contribution in [-0.4, -0.2) is 5.11 Å². The van der Waals surface area contributed by atoms with Gasteiger partial charge in [0.1, 0.15) is 0 Å². The summed E-state index contributed by atoms with van der Waals surface area (Å²) >= 11 is 0. The number of hydrogen-bond acceptors (Lipinski definition) is 1. The predicted octanol–water partition coefficient (Wildman–Crippen LogP) is 3.84. The van der Waals surface area contributed by atoms with Crippen molar-refractivity contribution >= 4 is 10.8 Å². The van der Waals surface area contributed by atoms with E-state index in [9.17, 15) is 5.11 Å². The zero-order valence-corrected chi connectivity index (χ0v) is 9.64. The Bertz CT molecular complexity index is 516. The molecule has 2 aromatic carbocycles. The Kier molecular flexibility index (Phi) is 3.07. The number of aliphatic hydroxyl groups is 1. The number of hydrogen-bond donors (Lipinski definition) is 1. The molecule has 1 unspecified atom stereocenters. The third-order valence-electron chi connectivity index (χ3n) is 2.63. The van der Waals surface area contributed by atoms with Gasteiger partial charge in [0, 0.05) is 0 Å². The minimum atomic E-state index is -0.518. The molecule has 1 nitrogen and oxygen atoms in total. The molecule has 1 atom stereocenters. The molecule has 0 aliphatic carbocycles. The summed E-state index contributed by atoms with van der Waals surface area (Å²) in [7, 11) is 0. The van der Waals surface area contributed by atoms with Gasteiger partial charge in [0.15, 0.2) is 0 Å². The molecule has 0 fully saturated rings. The zero-order chi connectivity index (χ0) is 11.5. The van der Waals surface area contributed by atoms with Crippen molar-refractivity contribution in [3.63, 3.8) is 0 Å². The van der Waals surface area contributed by atoms with E-state index < -0.39 is 6.10 Å². The Morgan fingerprint density at radius 2 is 1.75 bits per heavy atom. The average Bonchev–Trinajstić information content (AvgIpc) is 2.27. The average molecular weight is 212 g/mol. The van der Waals surface area contributed by atoms with Gasteiger partial charge >= 0.3 is 0 Å². The summed E-state index contributed by atoms with van der Waals surface area (Å²) in [4.78, 5) is 0. The van der Waals surface area contributed by atoms with Gasteiger partial charge in [-0.3, -0.25) is 0 Å². The summed E-state index contributed by atoms with van der Waals surface area (Å²) in [5.41, 5.74) is 2.10. The molecule has 2 aromatic rings. The van der Waals surface area contributed by atoms with Crippen LogP contribution in [0.3, 0.4) is 0 Å². The number of rotatable bonds is 2. The van der Waals surface area contributed by atoms with Crippen LogP contribution >= 0.6 is 0 Å². The zero-order valence-electron chi connectivity index (χ0n) is 9.64. The monoisotopic (exact) mass is 212 g/mol. The van der Waals surface area contributed by atoms with Gasteiger partial charge < -0.3 is 5.11 Å². The third-order valence-corrected chi connectivity index (χ3v) is 2.63. The fourth-order valence-corrected chi connectivity index (χ4v) is 1.91. The Morgan fingerprint density at radius 1 is 1.06 bits per heavy atom. The molecule has 0 bridgehead atoms. The van der Waals surface area contributed by atoms with Gasteiger partial charge in [0.2, 0.25) is 0 Å². The molecule has 16 heavy (non-hydrogen) atoms. The molecule has 1 heteroatoms. The van der Waals surface area contributed by atoms with Crippen LogP contribution < -0.4 is 0 Å². The topological polar surface area (TPSA) is 20.2 Å². The molecule has 0 aliphatic heterocycles. The number of benzene rings is 2. The predicted molar refractivity (Wildman–Crippen MR) is 68.3 cm³/mol. The lowest BCUT2D eigenvalue weighted by Crippen LogP contribution is -1.95. The summed E-state index contributed by atoms with van der Waals surface area (Å²) in [6, 6.07) is 14.2. The van der Waals surface area contributed by atoms with Crippen LogP contribution in [0.1, 0.15) is 25.5 Å². The summed E-state index contributed by atoms with van der Waals surface area (Å²) in [6.07, 6.45) is 1.36. The molecule has 0 amide bonds. The summed E-state index contributed by atoms with van der Waals surface area (Å²) in [5, 5.41) is 12.4. The maximum atomic E-state index is 10.1. The van der Waals surface area contributed by atoms with Gasteiger partial charge in [-0.2, -0.15) is 0 Å². The van der Waals surface area contributed by atoms with Gasteiger partial charge in [-0.1, -0.05) is 54.1 Å². The highest BCUT2D eigenvalue weighted by molar-refractivity contribution is 5.86. The fraction of sp³-hybridized carbons (Fsp3) is 0.200.